The van der Waals surface area contributed by atoms with E-state index in [9.17, 15) is 4.39 Å². The number of hydrogen-bond acceptors (Lipinski definition) is 4. The van der Waals surface area contributed by atoms with Crippen LogP contribution in [0.2, 0.25) is 0 Å². The number of nitrogens with two attached hydrogens (primary N) is 1. The number of para-hydroxylation sites is 1. The highest BCUT2D eigenvalue weighted by Crippen LogP contribution is 2.20. The van der Waals surface area contributed by atoms with Gasteiger partial charge < -0.3 is 11.1 Å². The predicted octanol–water partition coefficient (Wildman–Crippen LogP) is 1.19. The van der Waals surface area contributed by atoms with E-state index in [2.05, 4.69) is 15.4 Å². The lowest BCUT2D eigenvalue weighted by Crippen LogP contribution is -2.08. The molecule has 1 aromatic heterocycles. The summed E-state index contributed by atoms with van der Waals surface area (Å²) in [4.78, 5) is 4.09. The molecule has 0 aliphatic carbocycles. The molecule has 0 aliphatic heterocycles. The van der Waals surface area contributed by atoms with Crippen molar-refractivity contribution in [3.8, 4) is 0 Å². The molecule has 0 fully saturated rings. The van der Waals surface area contributed by atoms with Crippen LogP contribution < -0.4 is 11.1 Å². The highest BCUT2D eigenvalue weighted by molar-refractivity contribution is 5.66. The van der Waals surface area contributed by atoms with Crippen molar-refractivity contribution in [3.05, 3.63) is 36.2 Å². The number of nitrogen functional groups attached to an aromatic ring is 1. The van der Waals surface area contributed by atoms with Gasteiger partial charge in [0, 0.05) is 20.0 Å². The van der Waals surface area contributed by atoms with Crippen molar-refractivity contribution in [1.29, 1.82) is 0 Å². The van der Waals surface area contributed by atoms with Crippen LogP contribution in [-0.2, 0) is 13.5 Å². The number of nitrogens with one attached hydrogen (secondary N) is 1. The van der Waals surface area contributed by atoms with Gasteiger partial charge in [-0.2, -0.15) is 5.10 Å². The van der Waals surface area contributed by atoms with Gasteiger partial charge >= 0.3 is 0 Å². The second kappa shape index (κ2) is 4.82. The fourth-order valence-electron chi connectivity index (χ4n) is 1.50. The van der Waals surface area contributed by atoms with E-state index in [4.69, 9.17) is 5.73 Å². The van der Waals surface area contributed by atoms with Gasteiger partial charge in [0.15, 0.2) is 5.82 Å². The Kier molecular flexibility index (Phi) is 3.22. The predicted molar refractivity (Wildman–Crippen MR) is 64.0 cm³/mol. The molecule has 1 heterocycles. The summed E-state index contributed by atoms with van der Waals surface area (Å²) < 4.78 is 14.8. The van der Waals surface area contributed by atoms with Crippen molar-refractivity contribution in [2.24, 2.45) is 7.05 Å². The molecule has 0 atom stereocenters. The third-order valence-corrected chi connectivity index (χ3v) is 2.36. The second-order valence-corrected chi connectivity index (χ2v) is 3.71. The summed E-state index contributed by atoms with van der Waals surface area (Å²) >= 11 is 0. The third-order valence-electron chi connectivity index (χ3n) is 2.36. The van der Waals surface area contributed by atoms with Crippen molar-refractivity contribution in [3.63, 3.8) is 0 Å². The maximum Gasteiger partial charge on any atom is 0.152 e. The molecule has 0 aliphatic rings. The van der Waals surface area contributed by atoms with E-state index in [1.165, 1.54) is 6.07 Å². The second-order valence-electron chi connectivity index (χ2n) is 3.71. The molecule has 6 heteroatoms. The van der Waals surface area contributed by atoms with Crippen LogP contribution >= 0.6 is 0 Å². The molecule has 2 rings (SSSR count). The molecule has 90 valence electrons. The fraction of sp³-hybridized carbons (Fsp3) is 0.273. The summed E-state index contributed by atoms with van der Waals surface area (Å²) in [6.45, 7) is 0.609. The van der Waals surface area contributed by atoms with Gasteiger partial charge in [0.05, 0.1) is 11.4 Å². The first-order valence-corrected chi connectivity index (χ1v) is 5.29. The molecule has 0 unspecified atom stereocenters. The number of anilines is 2. The number of rotatable bonds is 4. The summed E-state index contributed by atoms with van der Waals surface area (Å²) in [5, 5.41) is 7.20. The van der Waals surface area contributed by atoms with Gasteiger partial charge in [-0.1, -0.05) is 6.07 Å². The molecule has 3 N–H and O–H groups in total. The number of aryl methyl sites for hydroxylation is 1. The smallest absolute Gasteiger partial charge is 0.152 e. The van der Waals surface area contributed by atoms with Crippen molar-refractivity contribution < 1.29 is 4.39 Å². The molecule has 0 spiro atoms. The standard InChI is InChI=1S/C11H14FN5/c1-17-7-15-10(16-17)5-6-14-9-4-2-3-8(12)11(9)13/h2-4,7,14H,5-6,13H2,1H3. The van der Waals surface area contributed by atoms with Crippen molar-refractivity contribution >= 4 is 11.4 Å². The first-order valence-electron chi connectivity index (χ1n) is 5.29. The third kappa shape index (κ3) is 2.72. The van der Waals surface area contributed by atoms with E-state index >= 15 is 0 Å². The summed E-state index contributed by atoms with van der Waals surface area (Å²) in [7, 11) is 1.81. The van der Waals surface area contributed by atoms with Crippen LogP contribution in [-0.4, -0.2) is 21.3 Å². The lowest BCUT2D eigenvalue weighted by Gasteiger charge is -2.08. The summed E-state index contributed by atoms with van der Waals surface area (Å²) in [6.07, 6.45) is 2.31. The van der Waals surface area contributed by atoms with E-state index < -0.39 is 5.82 Å². The van der Waals surface area contributed by atoms with Crippen LogP contribution in [0.1, 0.15) is 5.82 Å². The number of benzene rings is 1. The minimum absolute atomic E-state index is 0.140. The van der Waals surface area contributed by atoms with Gasteiger partial charge in [0.25, 0.3) is 0 Å². The van der Waals surface area contributed by atoms with Crippen LogP contribution in [0.3, 0.4) is 0 Å². The Morgan fingerprint density at radius 3 is 3.00 bits per heavy atom. The average Bonchev–Trinajstić information content (AvgIpc) is 2.70. The van der Waals surface area contributed by atoms with E-state index in [-0.39, 0.29) is 5.69 Å². The Bertz CT molecular complexity index is 508. The highest BCUT2D eigenvalue weighted by atomic mass is 19.1. The minimum atomic E-state index is -0.411. The first kappa shape index (κ1) is 11.4. The van der Waals surface area contributed by atoms with Gasteiger partial charge in [0.1, 0.15) is 12.1 Å². The Hall–Kier alpha value is -2.11. The minimum Gasteiger partial charge on any atom is -0.395 e. The SMILES string of the molecule is Cn1cnc(CCNc2cccc(F)c2N)n1. The Balaban J connectivity index is 1.92. The summed E-state index contributed by atoms with van der Waals surface area (Å²) in [6, 6.07) is 4.69. The number of aromatic nitrogens is 3. The monoisotopic (exact) mass is 235 g/mol. The number of halogens is 1. The normalized spacial score (nSPS) is 10.5. The molecule has 0 saturated heterocycles. The Morgan fingerprint density at radius 2 is 2.29 bits per heavy atom. The summed E-state index contributed by atoms with van der Waals surface area (Å²) in [5.41, 5.74) is 6.33. The van der Waals surface area contributed by atoms with E-state index in [0.717, 1.165) is 5.82 Å². The molecule has 17 heavy (non-hydrogen) atoms. The molecular weight excluding hydrogens is 221 g/mol. The van der Waals surface area contributed by atoms with E-state index in [0.29, 0.717) is 18.7 Å². The van der Waals surface area contributed by atoms with Crippen LogP contribution in [0.4, 0.5) is 15.8 Å². The molecule has 5 nitrogen and oxygen atoms in total. The molecule has 1 aromatic carbocycles. The highest BCUT2D eigenvalue weighted by Gasteiger charge is 2.04. The first-order chi connectivity index (χ1) is 8.16. The zero-order valence-corrected chi connectivity index (χ0v) is 9.52. The van der Waals surface area contributed by atoms with Gasteiger partial charge in [0.2, 0.25) is 0 Å². The number of nitrogens with zero attached hydrogens (tertiary/aromatic N) is 3. The van der Waals surface area contributed by atoms with Crippen LogP contribution in [0.5, 0.6) is 0 Å². The Labute approximate surface area is 98.5 Å². The van der Waals surface area contributed by atoms with Crippen LogP contribution in [0, 0.1) is 5.82 Å². The lowest BCUT2D eigenvalue weighted by atomic mass is 10.2. The van der Waals surface area contributed by atoms with Crippen molar-refractivity contribution in [2.75, 3.05) is 17.6 Å². The van der Waals surface area contributed by atoms with Gasteiger partial charge in [-0.3, -0.25) is 4.68 Å². The van der Waals surface area contributed by atoms with Crippen LogP contribution in [0.25, 0.3) is 0 Å². The van der Waals surface area contributed by atoms with E-state index in [1.807, 2.05) is 7.05 Å². The Morgan fingerprint density at radius 1 is 1.47 bits per heavy atom. The van der Waals surface area contributed by atoms with Crippen molar-refractivity contribution in [2.45, 2.75) is 6.42 Å². The lowest BCUT2D eigenvalue weighted by molar-refractivity contribution is 0.633. The molecule has 0 saturated carbocycles. The fourth-order valence-corrected chi connectivity index (χ4v) is 1.50. The van der Waals surface area contributed by atoms with Crippen LogP contribution in [0.15, 0.2) is 24.5 Å². The summed E-state index contributed by atoms with van der Waals surface area (Å²) in [5.74, 6) is 0.334. The van der Waals surface area contributed by atoms with Gasteiger partial charge in [-0.25, -0.2) is 9.37 Å². The molecule has 0 amide bonds. The quantitative estimate of drug-likeness (QED) is 0.781. The number of hydrogen-bond donors (Lipinski definition) is 2. The molecular formula is C11H14FN5. The topological polar surface area (TPSA) is 68.8 Å². The molecule has 0 radical (unpaired) electrons. The maximum atomic E-state index is 13.1. The van der Waals surface area contributed by atoms with Gasteiger partial charge in [-0.05, 0) is 12.1 Å². The maximum absolute atomic E-state index is 13.1. The van der Waals surface area contributed by atoms with Gasteiger partial charge in [-0.15, -0.1) is 0 Å². The zero-order chi connectivity index (χ0) is 12.3. The molecule has 2 aromatic rings. The molecule has 0 bridgehead atoms. The zero-order valence-electron chi connectivity index (χ0n) is 9.52. The van der Waals surface area contributed by atoms with Crippen molar-refractivity contribution in [1.82, 2.24) is 14.8 Å². The average molecular weight is 235 g/mol. The van der Waals surface area contributed by atoms with E-state index in [1.54, 1.807) is 23.1 Å². The largest absolute Gasteiger partial charge is 0.395 e.